The molecule has 3 aromatic carbocycles. The number of halogens is 1. The zero-order valence-corrected chi connectivity index (χ0v) is 24.1. The van der Waals surface area contributed by atoms with Crippen molar-refractivity contribution in [2.75, 3.05) is 24.5 Å². The molecule has 1 unspecified atom stereocenters. The van der Waals surface area contributed by atoms with Gasteiger partial charge in [-0.2, -0.15) is 0 Å². The first-order valence-corrected chi connectivity index (χ1v) is 14.4. The number of para-hydroxylation sites is 2. The first-order chi connectivity index (χ1) is 18.6. The number of methoxy groups -OCH3 is 1. The molecule has 0 spiro atoms. The van der Waals surface area contributed by atoms with E-state index >= 15 is 0 Å². The lowest BCUT2D eigenvalue weighted by molar-refractivity contribution is -0.139. The lowest BCUT2D eigenvalue weighted by Gasteiger charge is -2.32. The van der Waals surface area contributed by atoms with E-state index in [0.29, 0.717) is 17.1 Å². The molecule has 0 radical (unpaired) electrons. The standard InChI is InChI=1S/C29H34ClN3O5S/c1-21(2)18-31-29(35)22(3)32(19-23-12-8-9-15-25(23)30)28(34)20-33(26-16-10-11-17-27(26)38-4)39(36,37)24-13-6-5-7-14-24/h5-17,21-22H,18-20H2,1-4H3,(H,31,35). The molecule has 0 saturated heterocycles. The fourth-order valence-electron chi connectivity index (χ4n) is 3.91. The second kappa shape index (κ2) is 13.5. The van der Waals surface area contributed by atoms with Gasteiger partial charge in [-0.15, -0.1) is 0 Å². The summed E-state index contributed by atoms with van der Waals surface area (Å²) >= 11 is 6.39. The normalized spacial score (nSPS) is 12.1. The van der Waals surface area contributed by atoms with Crippen molar-refractivity contribution in [3.63, 3.8) is 0 Å². The highest BCUT2D eigenvalue weighted by Gasteiger charge is 2.33. The van der Waals surface area contributed by atoms with E-state index in [-0.39, 0.29) is 34.7 Å². The maximum atomic E-state index is 14.0. The predicted octanol–water partition coefficient (Wildman–Crippen LogP) is 4.73. The van der Waals surface area contributed by atoms with Crippen molar-refractivity contribution in [1.29, 1.82) is 0 Å². The third-order valence-corrected chi connectivity index (χ3v) is 8.26. The van der Waals surface area contributed by atoms with Crippen LogP contribution in [0.15, 0.2) is 83.8 Å². The molecule has 10 heteroatoms. The summed E-state index contributed by atoms with van der Waals surface area (Å²) in [4.78, 5) is 28.4. The molecule has 0 aliphatic rings. The van der Waals surface area contributed by atoms with E-state index in [1.54, 1.807) is 73.7 Å². The number of hydrogen-bond donors (Lipinski definition) is 1. The van der Waals surface area contributed by atoms with Crippen LogP contribution in [-0.2, 0) is 26.2 Å². The van der Waals surface area contributed by atoms with E-state index < -0.39 is 28.5 Å². The number of hydrogen-bond acceptors (Lipinski definition) is 5. The van der Waals surface area contributed by atoms with Crippen LogP contribution in [0.25, 0.3) is 0 Å². The number of carbonyl (C=O) groups excluding carboxylic acids is 2. The summed E-state index contributed by atoms with van der Waals surface area (Å²) in [7, 11) is -2.76. The molecule has 0 heterocycles. The maximum absolute atomic E-state index is 14.0. The predicted molar refractivity (Wildman–Crippen MR) is 153 cm³/mol. The van der Waals surface area contributed by atoms with Crippen LogP contribution >= 0.6 is 11.6 Å². The molecule has 1 atom stereocenters. The Morgan fingerprint density at radius 1 is 0.923 bits per heavy atom. The summed E-state index contributed by atoms with van der Waals surface area (Å²) in [6.07, 6.45) is 0. The second-order valence-electron chi connectivity index (χ2n) is 9.42. The van der Waals surface area contributed by atoms with E-state index in [1.165, 1.54) is 24.1 Å². The minimum absolute atomic E-state index is 0.0138. The molecule has 0 fully saturated rings. The molecule has 39 heavy (non-hydrogen) atoms. The number of ether oxygens (including phenoxy) is 1. The third kappa shape index (κ3) is 7.52. The van der Waals surface area contributed by atoms with E-state index in [0.717, 1.165) is 4.31 Å². The smallest absolute Gasteiger partial charge is 0.264 e. The van der Waals surface area contributed by atoms with Crippen LogP contribution < -0.4 is 14.4 Å². The number of amides is 2. The van der Waals surface area contributed by atoms with Gasteiger partial charge >= 0.3 is 0 Å². The highest BCUT2D eigenvalue weighted by molar-refractivity contribution is 7.92. The average molecular weight is 572 g/mol. The Balaban J connectivity index is 2.05. The Kier molecular flexibility index (Phi) is 10.4. The molecule has 0 aromatic heterocycles. The largest absolute Gasteiger partial charge is 0.495 e. The van der Waals surface area contributed by atoms with Crippen LogP contribution in [0.5, 0.6) is 5.75 Å². The van der Waals surface area contributed by atoms with Crippen LogP contribution in [0.2, 0.25) is 5.02 Å². The zero-order chi connectivity index (χ0) is 28.6. The molecule has 2 amide bonds. The van der Waals surface area contributed by atoms with E-state index in [1.807, 2.05) is 13.8 Å². The summed E-state index contributed by atoms with van der Waals surface area (Å²) in [5.41, 5.74) is 0.831. The molecule has 0 saturated carbocycles. The van der Waals surface area contributed by atoms with Gasteiger partial charge in [0.2, 0.25) is 11.8 Å². The number of benzene rings is 3. The fourth-order valence-corrected chi connectivity index (χ4v) is 5.56. The molecule has 1 N–H and O–H groups in total. The number of rotatable bonds is 12. The second-order valence-corrected chi connectivity index (χ2v) is 11.7. The van der Waals surface area contributed by atoms with Crippen LogP contribution in [-0.4, -0.2) is 51.4 Å². The molecule has 0 aliphatic carbocycles. The van der Waals surface area contributed by atoms with Gasteiger partial charge < -0.3 is 15.0 Å². The number of anilines is 1. The lowest BCUT2D eigenvalue weighted by Crippen LogP contribution is -2.51. The zero-order valence-electron chi connectivity index (χ0n) is 22.5. The van der Waals surface area contributed by atoms with E-state index in [4.69, 9.17) is 16.3 Å². The minimum Gasteiger partial charge on any atom is -0.495 e. The molecule has 208 valence electrons. The SMILES string of the molecule is COc1ccccc1N(CC(=O)N(Cc1ccccc1Cl)C(C)C(=O)NCC(C)C)S(=O)(=O)c1ccccc1. The average Bonchev–Trinajstić information content (AvgIpc) is 2.94. The van der Waals surface area contributed by atoms with Gasteiger partial charge in [-0.25, -0.2) is 8.42 Å². The number of carbonyl (C=O) groups is 2. The van der Waals surface area contributed by atoms with Crippen LogP contribution in [0, 0.1) is 5.92 Å². The van der Waals surface area contributed by atoms with Gasteiger partial charge in [0.15, 0.2) is 0 Å². The summed E-state index contributed by atoms with van der Waals surface area (Å²) in [5, 5.41) is 3.29. The van der Waals surface area contributed by atoms with Gasteiger partial charge in [0.25, 0.3) is 10.0 Å². The van der Waals surface area contributed by atoms with Crippen LogP contribution in [0.3, 0.4) is 0 Å². The summed E-state index contributed by atoms with van der Waals surface area (Å²) in [6, 6.07) is 20.6. The summed E-state index contributed by atoms with van der Waals surface area (Å²) in [5.74, 6) is -0.428. The monoisotopic (exact) mass is 571 g/mol. The van der Waals surface area contributed by atoms with Gasteiger partial charge in [0, 0.05) is 18.1 Å². The van der Waals surface area contributed by atoms with Crippen LogP contribution in [0.4, 0.5) is 5.69 Å². The fraction of sp³-hybridized carbons (Fsp3) is 0.310. The Hall–Kier alpha value is -3.56. The molecule has 0 aliphatic heterocycles. The van der Waals surface area contributed by atoms with Crippen molar-refractivity contribution in [3.05, 3.63) is 89.4 Å². The number of nitrogens with one attached hydrogen (secondary N) is 1. The van der Waals surface area contributed by atoms with Gasteiger partial charge in [-0.3, -0.25) is 13.9 Å². The van der Waals surface area contributed by atoms with Crippen LogP contribution in [0.1, 0.15) is 26.3 Å². The number of nitrogens with zero attached hydrogens (tertiary/aromatic N) is 2. The lowest BCUT2D eigenvalue weighted by atomic mass is 10.1. The Morgan fingerprint density at radius 2 is 1.54 bits per heavy atom. The molecule has 8 nitrogen and oxygen atoms in total. The first-order valence-electron chi connectivity index (χ1n) is 12.6. The van der Waals surface area contributed by atoms with Gasteiger partial charge in [0.05, 0.1) is 17.7 Å². The van der Waals surface area contributed by atoms with E-state index in [2.05, 4.69) is 5.32 Å². The molecular weight excluding hydrogens is 538 g/mol. The quantitative estimate of drug-likeness (QED) is 0.339. The highest BCUT2D eigenvalue weighted by atomic mass is 35.5. The van der Waals surface area contributed by atoms with Gasteiger partial charge in [0.1, 0.15) is 18.3 Å². The van der Waals surface area contributed by atoms with Crippen molar-refractivity contribution >= 4 is 39.1 Å². The number of sulfonamides is 1. The first kappa shape index (κ1) is 30.0. The molecule has 0 bridgehead atoms. The van der Waals surface area contributed by atoms with Crippen molar-refractivity contribution in [1.82, 2.24) is 10.2 Å². The Labute approximate surface area is 235 Å². The van der Waals surface area contributed by atoms with Gasteiger partial charge in [-0.05, 0) is 48.7 Å². The van der Waals surface area contributed by atoms with Crippen molar-refractivity contribution in [3.8, 4) is 5.75 Å². The third-order valence-electron chi connectivity index (χ3n) is 6.11. The summed E-state index contributed by atoms with van der Waals surface area (Å²) < 4.78 is 34.2. The molecular formula is C29H34ClN3O5S. The summed E-state index contributed by atoms with van der Waals surface area (Å²) in [6.45, 7) is 5.44. The molecule has 3 aromatic rings. The van der Waals surface area contributed by atoms with Gasteiger partial charge in [-0.1, -0.05) is 74.0 Å². The van der Waals surface area contributed by atoms with Crippen molar-refractivity contribution in [2.45, 2.75) is 38.3 Å². The Morgan fingerprint density at radius 3 is 2.18 bits per heavy atom. The maximum Gasteiger partial charge on any atom is 0.264 e. The Bertz CT molecular complexity index is 1380. The topological polar surface area (TPSA) is 96.0 Å². The van der Waals surface area contributed by atoms with Crippen molar-refractivity contribution in [2.24, 2.45) is 5.92 Å². The minimum atomic E-state index is -4.18. The van der Waals surface area contributed by atoms with E-state index in [9.17, 15) is 18.0 Å². The molecule has 3 rings (SSSR count). The van der Waals surface area contributed by atoms with Crippen molar-refractivity contribution < 1.29 is 22.7 Å². The highest BCUT2D eigenvalue weighted by Crippen LogP contribution is 2.32.